The number of fused-ring (bicyclic) bond motifs is 1. The molecule has 1 aromatic heterocycles. The van der Waals surface area contributed by atoms with Gasteiger partial charge in [-0.05, 0) is 24.3 Å². The van der Waals surface area contributed by atoms with Gasteiger partial charge < -0.3 is 4.57 Å². The number of benzene rings is 2. The maximum absolute atomic E-state index is 3.25. The second-order valence-corrected chi connectivity index (χ2v) is 3.50. The molecule has 0 saturated carbocycles. The van der Waals surface area contributed by atoms with Gasteiger partial charge in [0.1, 0.15) is 0 Å². The number of rotatable bonds is 1. The van der Waals surface area contributed by atoms with E-state index in [-0.39, 0.29) is 0 Å². The lowest BCUT2D eigenvalue weighted by Gasteiger charge is -2.03. The summed E-state index contributed by atoms with van der Waals surface area (Å²) in [6.07, 6.45) is 3.25. The maximum atomic E-state index is 3.25. The lowest BCUT2D eigenvalue weighted by atomic mass is 10.2. The highest BCUT2D eigenvalue weighted by Crippen LogP contribution is 2.18. The standard InChI is InChI=1S/C14H10N/c1-2-7-13(8-3-1)15-11-10-12-6-4-5-9-14(12)15/h1-10H. The van der Waals surface area contributed by atoms with Crippen molar-refractivity contribution in [1.29, 1.82) is 0 Å². The van der Waals surface area contributed by atoms with Crippen LogP contribution in [0.1, 0.15) is 0 Å². The Labute approximate surface area is 88.6 Å². The summed E-state index contributed by atoms with van der Waals surface area (Å²) >= 11 is 0. The van der Waals surface area contributed by atoms with E-state index in [0.717, 1.165) is 5.69 Å². The van der Waals surface area contributed by atoms with E-state index >= 15 is 0 Å². The van der Waals surface area contributed by atoms with Gasteiger partial charge in [0.2, 0.25) is 0 Å². The molecular weight excluding hydrogens is 182 g/mol. The molecule has 3 rings (SSSR count). The zero-order chi connectivity index (χ0) is 10.1. The molecule has 0 spiro atoms. The predicted molar refractivity (Wildman–Crippen MR) is 62.1 cm³/mol. The average Bonchev–Trinajstić information content (AvgIpc) is 2.74. The third-order valence-corrected chi connectivity index (χ3v) is 2.54. The van der Waals surface area contributed by atoms with Gasteiger partial charge in [-0.25, -0.2) is 0 Å². The van der Waals surface area contributed by atoms with Crippen molar-refractivity contribution in [1.82, 2.24) is 4.57 Å². The molecule has 0 atom stereocenters. The van der Waals surface area contributed by atoms with Gasteiger partial charge in [-0.1, -0.05) is 36.4 Å². The molecule has 3 aromatic rings. The molecule has 0 amide bonds. The molecule has 0 aliphatic heterocycles. The summed E-state index contributed by atoms with van der Waals surface area (Å²) in [5.41, 5.74) is 2.35. The minimum absolute atomic E-state index is 1.15. The molecule has 1 radical (unpaired) electrons. The molecule has 1 heterocycles. The van der Waals surface area contributed by atoms with Crippen LogP contribution < -0.4 is 0 Å². The second kappa shape index (κ2) is 3.28. The van der Waals surface area contributed by atoms with Gasteiger partial charge in [0.15, 0.2) is 0 Å². The number of para-hydroxylation sites is 2. The first-order chi connectivity index (χ1) is 7.45. The van der Waals surface area contributed by atoms with Crippen molar-refractivity contribution in [3.05, 3.63) is 66.9 Å². The van der Waals surface area contributed by atoms with Crippen LogP contribution in [0.25, 0.3) is 16.6 Å². The minimum Gasteiger partial charge on any atom is -0.308 e. The quantitative estimate of drug-likeness (QED) is 0.556. The fourth-order valence-corrected chi connectivity index (χ4v) is 1.81. The molecule has 1 nitrogen and oxygen atoms in total. The summed E-state index contributed by atoms with van der Waals surface area (Å²) in [6, 6.07) is 20.6. The summed E-state index contributed by atoms with van der Waals surface area (Å²) in [5, 5.41) is 1.22. The topological polar surface area (TPSA) is 4.93 Å². The van der Waals surface area contributed by atoms with E-state index in [4.69, 9.17) is 0 Å². The molecule has 0 bridgehead atoms. The first-order valence-electron chi connectivity index (χ1n) is 4.99. The molecule has 15 heavy (non-hydrogen) atoms. The highest BCUT2D eigenvalue weighted by atomic mass is 15.0. The Balaban J connectivity index is 2.28. The van der Waals surface area contributed by atoms with Crippen molar-refractivity contribution >= 4 is 10.9 Å². The second-order valence-electron chi connectivity index (χ2n) is 3.50. The zero-order valence-corrected chi connectivity index (χ0v) is 8.22. The fraction of sp³-hybridized carbons (Fsp3) is 0. The monoisotopic (exact) mass is 192 g/mol. The smallest absolute Gasteiger partial charge is 0.0709 e. The number of nitrogens with zero attached hydrogens (tertiary/aromatic N) is 1. The Morgan fingerprint density at radius 1 is 0.800 bits per heavy atom. The van der Waals surface area contributed by atoms with Crippen molar-refractivity contribution in [2.24, 2.45) is 0 Å². The Hall–Kier alpha value is -2.02. The molecule has 0 fully saturated rings. The summed E-state index contributed by atoms with van der Waals surface area (Å²) in [7, 11) is 0. The van der Waals surface area contributed by atoms with Gasteiger partial charge in [0.05, 0.1) is 11.7 Å². The van der Waals surface area contributed by atoms with Gasteiger partial charge in [-0.3, -0.25) is 0 Å². The van der Waals surface area contributed by atoms with Gasteiger partial charge in [0, 0.05) is 11.1 Å². The van der Waals surface area contributed by atoms with Crippen LogP contribution in [0.3, 0.4) is 0 Å². The SMILES string of the molecule is [c]1cc2ccccc2n1-c1ccccc1. The Morgan fingerprint density at radius 2 is 1.53 bits per heavy atom. The van der Waals surface area contributed by atoms with E-state index in [1.807, 2.05) is 30.3 Å². The molecule has 1 heteroatoms. The van der Waals surface area contributed by atoms with E-state index in [9.17, 15) is 0 Å². The lowest BCUT2D eigenvalue weighted by Crippen LogP contribution is -1.90. The molecule has 71 valence electrons. The Kier molecular flexibility index (Phi) is 1.82. The van der Waals surface area contributed by atoms with Crippen LogP contribution in [-0.4, -0.2) is 4.57 Å². The highest BCUT2D eigenvalue weighted by Gasteiger charge is 2.01. The van der Waals surface area contributed by atoms with Gasteiger partial charge in [-0.15, -0.1) is 0 Å². The third-order valence-electron chi connectivity index (χ3n) is 2.54. The molecule has 0 saturated heterocycles. The van der Waals surface area contributed by atoms with Crippen LogP contribution in [0.4, 0.5) is 0 Å². The van der Waals surface area contributed by atoms with Crippen molar-refractivity contribution < 1.29 is 0 Å². The first kappa shape index (κ1) is 8.30. The number of hydrogen-bond donors (Lipinski definition) is 0. The molecule has 0 N–H and O–H groups in total. The zero-order valence-electron chi connectivity index (χ0n) is 8.22. The van der Waals surface area contributed by atoms with E-state index in [1.54, 1.807) is 0 Å². The van der Waals surface area contributed by atoms with E-state index in [1.165, 1.54) is 10.9 Å². The normalized spacial score (nSPS) is 10.7. The average molecular weight is 192 g/mol. The Morgan fingerprint density at radius 3 is 2.40 bits per heavy atom. The lowest BCUT2D eigenvalue weighted by molar-refractivity contribution is 1.12. The maximum Gasteiger partial charge on any atom is 0.0709 e. The van der Waals surface area contributed by atoms with Gasteiger partial charge >= 0.3 is 0 Å². The van der Waals surface area contributed by atoms with Crippen molar-refractivity contribution in [3.8, 4) is 5.69 Å². The fourth-order valence-electron chi connectivity index (χ4n) is 1.81. The van der Waals surface area contributed by atoms with Gasteiger partial charge in [-0.2, -0.15) is 0 Å². The number of aromatic nitrogens is 1. The molecule has 0 unspecified atom stereocenters. The van der Waals surface area contributed by atoms with Crippen molar-refractivity contribution in [2.75, 3.05) is 0 Å². The van der Waals surface area contributed by atoms with Crippen LogP contribution in [0.5, 0.6) is 0 Å². The van der Waals surface area contributed by atoms with Gasteiger partial charge in [0.25, 0.3) is 0 Å². The molecule has 0 aliphatic carbocycles. The summed E-state index contributed by atoms with van der Waals surface area (Å²) in [5.74, 6) is 0. The first-order valence-corrected chi connectivity index (χ1v) is 4.99. The molecular formula is C14H10N. The van der Waals surface area contributed by atoms with Crippen molar-refractivity contribution in [2.45, 2.75) is 0 Å². The molecule has 2 aromatic carbocycles. The van der Waals surface area contributed by atoms with Crippen LogP contribution in [0.2, 0.25) is 0 Å². The molecule has 0 aliphatic rings. The highest BCUT2D eigenvalue weighted by molar-refractivity contribution is 5.81. The van der Waals surface area contributed by atoms with Crippen LogP contribution in [0, 0.1) is 6.20 Å². The largest absolute Gasteiger partial charge is 0.308 e. The summed E-state index contributed by atoms with van der Waals surface area (Å²) in [4.78, 5) is 0. The number of hydrogen-bond acceptors (Lipinski definition) is 0. The van der Waals surface area contributed by atoms with E-state index in [2.05, 4.69) is 41.1 Å². The summed E-state index contributed by atoms with van der Waals surface area (Å²) < 4.78 is 2.08. The van der Waals surface area contributed by atoms with E-state index in [0.29, 0.717) is 0 Å². The van der Waals surface area contributed by atoms with Crippen LogP contribution in [0.15, 0.2) is 60.7 Å². The third kappa shape index (κ3) is 1.33. The van der Waals surface area contributed by atoms with E-state index < -0.39 is 0 Å². The minimum atomic E-state index is 1.15. The Bertz CT molecular complexity index is 578. The van der Waals surface area contributed by atoms with Crippen LogP contribution in [-0.2, 0) is 0 Å². The van der Waals surface area contributed by atoms with Crippen LogP contribution >= 0.6 is 0 Å². The summed E-state index contributed by atoms with van der Waals surface area (Å²) in [6.45, 7) is 0. The predicted octanol–water partition coefficient (Wildman–Crippen LogP) is 3.43. The van der Waals surface area contributed by atoms with Crippen molar-refractivity contribution in [3.63, 3.8) is 0 Å².